The molecule has 1 aromatic heterocycles. The number of ether oxygens (including phenoxy) is 2. The Bertz CT molecular complexity index is 502. The van der Waals surface area contributed by atoms with Crippen LogP contribution in [0.1, 0.15) is 31.9 Å². The fraction of sp³-hybridized carbons (Fsp3) is 0.462. The zero-order chi connectivity index (χ0) is 14.3. The number of carbonyl (C=O) groups excluding carboxylic acids is 2. The molecule has 0 fully saturated rings. The SMILES string of the molecule is CCC(=O)OCCCC(=O)Oc1cc(C)oc(=O)c1. The van der Waals surface area contributed by atoms with E-state index in [0.717, 1.165) is 6.07 Å². The summed E-state index contributed by atoms with van der Waals surface area (Å²) in [5.74, 6) is -0.265. The van der Waals surface area contributed by atoms with Crippen LogP contribution in [0.15, 0.2) is 21.3 Å². The summed E-state index contributed by atoms with van der Waals surface area (Å²) in [6.07, 6.45) is 0.796. The molecule has 0 saturated heterocycles. The highest BCUT2D eigenvalue weighted by atomic mass is 16.5. The van der Waals surface area contributed by atoms with Crippen molar-refractivity contribution in [1.29, 1.82) is 0 Å². The third kappa shape index (κ3) is 5.85. The van der Waals surface area contributed by atoms with Crippen LogP contribution in [0.4, 0.5) is 0 Å². The normalized spacial score (nSPS) is 10.0. The molecule has 1 aromatic rings. The van der Waals surface area contributed by atoms with Gasteiger partial charge in [0.2, 0.25) is 0 Å². The topological polar surface area (TPSA) is 82.8 Å². The van der Waals surface area contributed by atoms with Gasteiger partial charge in [-0.15, -0.1) is 0 Å². The van der Waals surface area contributed by atoms with Gasteiger partial charge in [0.25, 0.3) is 0 Å². The average Bonchev–Trinajstić information content (AvgIpc) is 2.33. The molecule has 0 aliphatic carbocycles. The number of esters is 2. The zero-order valence-electron chi connectivity index (χ0n) is 10.9. The molecule has 0 aromatic carbocycles. The van der Waals surface area contributed by atoms with Gasteiger partial charge in [-0.25, -0.2) is 4.79 Å². The Morgan fingerprint density at radius 2 is 2.00 bits per heavy atom. The van der Waals surface area contributed by atoms with Gasteiger partial charge in [-0.3, -0.25) is 9.59 Å². The highest BCUT2D eigenvalue weighted by Crippen LogP contribution is 2.10. The van der Waals surface area contributed by atoms with Crippen LogP contribution in [-0.4, -0.2) is 18.5 Å². The highest BCUT2D eigenvalue weighted by molar-refractivity contribution is 5.72. The predicted molar refractivity (Wildman–Crippen MR) is 65.8 cm³/mol. The van der Waals surface area contributed by atoms with Crippen LogP contribution in [-0.2, 0) is 14.3 Å². The van der Waals surface area contributed by atoms with Gasteiger partial charge >= 0.3 is 17.6 Å². The van der Waals surface area contributed by atoms with Gasteiger partial charge in [0.15, 0.2) is 0 Å². The van der Waals surface area contributed by atoms with Gasteiger partial charge in [0.05, 0.1) is 12.7 Å². The number of carbonyl (C=O) groups is 2. The molecule has 104 valence electrons. The third-order valence-corrected chi connectivity index (χ3v) is 2.18. The Labute approximate surface area is 110 Å². The maximum atomic E-state index is 11.5. The maximum Gasteiger partial charge on any atom is 0.339 e. The molecule has 0 bridgehead atoms. The van der Waals surface area contributed by atoms with Crippen molar-refractivity contribution in [3.05, 3.63) is 28.3 Å². The van der Waals surface area contributed by atoms with Crippen molar-refractivity contribution >= 4 is 11.9 Å². The third-order valence-electron chi connectivity index (χ3n) is 2.18. The molecule has 1 heterocycles. The lowest BCUT2D eigenvalue weighted by atomic mass is 10.3. The summed E-state index contributed by atoms with van der Waals surface area (Å²) in [6.45, 7) is 3.46. The smallest absolute Gasteiger partial charge is 0.339 e. The van der Waals surface area contributed by atoms with Crippen LogP contribution in [0.2, 0.25) is 0 Å². The van der Waals surface area contributed by atoms with E-state index in [1.807, 2.05) is 0 Å². The first-order valence-corrected chi connectivity index (χ1v) is 5.99. The Morgan fingerprint density at radius 3 is 2.63 bits per heavy atom. The van der Waals surface area contributed by atoms with E-state index < -0.39 is 11.6 Å². The first kappa shape index (κ1) is 14.9. The summed E-state index contributed by atoms with van der Waals surface area (Å²) >= 11 is 0. The molecular weight excluding hydrogens is 252 g/mol. The van der Waals surface area contributed by atoms with Crippen molar-refractivity contribution in [3.8, 4) is 5.75 Å². The van der Waals surface area contributed by atoms with Gasteiger partial charge in [0.1, 0.15) is 11.5 Å². The molecule has 0 spiro atoms. The molecule has 0 unspecified atom stereocenters. The van der Waals surface area contributed by atoms with Gasteiger partial charge in [-0.1, -0.05) is 6.92 Å². The lowest BCUT2D eigenvalue weighted by Gasteiger charge is -2.05. The standard InChI is InChI=1S/C13H16O6/c1-3-11(14)17-6-4-5-12(15)19-10-7-9(2)18-13(16)8-10/h7-8H,3-6H2,1-2H3. The van der Waals surface area contributed by atoms with Crippen LogP contribution < -0.4 is 10.4 Å². The molecule has 0 amide bonds. The molecule has 0 atom stereocenters. The second-order valence-corrected chi connectivity index (χ2v) is 3.87. The van der Waals surface area contributed by atoms with Gasteiger partial charge in [0, 0.05) is 18.9 Å². The molecule has 1 rings (SSSR count). The van der Waals surface area contributed by atoms with Gasteiger partial charge in [-0.2, -0.15) is 0 Å². The molecule has 0 N–H and O–H groups in total. The minimum atomic E-state index is -0.570. The predicted octanol–water partition coefficient (Wildman–Crippen LogP) is 1.59. The van der Waals surface area contributed by atoms with Crippen molar-refractivity contribution in [2.24, 2.45) is 0 Å². The van der Waals surface area contributed by atoms with E-state index in [2.05, 4.69) is 0 Å². The summed E-state index contributed by atoms with van der Waals surface area (Å²) in [5.41, 5.74) is -0.570. The van der Waals surface area contributed by atoms with Gasteiger partial charge < -0.3 is 13.9 Å². The lowest BCUT2D eigenvalue weighted by molar-refractivity contribution is -0.144. The second kappa shape index (κ2) is 7.35. The van der Waals surface area contributed by atoms with E-state index in [1.54, 1.807) is 13.8 Å². The Balaban J connectivity index is 2.35. The molecule has 0 saturated carbocycles. The molecule has 0 aliphatic heterocycles. The molecule has 6 heteroatoms. The van der Waals surface area contributed by atoms with Crippen molar-refractivity contribution in [1.82, 2.24) is 0 Å². The quantitative estimate of drug-likeness (QED) is 0.575. The van der Waals surface area contributed by atoms with Crippen molar-refractivity contribution in [2.45, 2.75) is 33.1 Å². The highest BCUT2D eigenvalue weighted by Gasteiger charge is 2.07. The fourth-order valence-electron chi connectivity index (χ4n) is 1.32. The Hall–Kier alpha value is -2.11. The van der Waals surface area contributed by atoms with Crippen molar-refractivity contribution in [3.63, 3.8) is 0 Å². The van der Waals surface area contributed by atoms with E-state index in [4.69, 9.17) is 13.9 Å². The average molecular weight is 268 g/mol. The summed E-state index contributed by atoms with van der Waals surface area (Å²) in [5, 5.41) is 0. The Morgan fingerprint density at radius 1 is 1.26 bits per heavy atom. The number of rotatable bonds is 6. The van der Waals surface area contributed by atoms with E-state index in [9.17, 15) is 14.4 Å². The minimum absolute atomic E-state index is 0.107. The monoisotopic (exact) mass is 268 g/mol. The zero-order valence-corrected chi connectivity index (χ0v) is 10.9. The minimum Gasteiger partial charge on any atom is -0.466 e. The summed E-state index contributed by atoms with van der Waals surface area (Å²) < 4.78 is 14.5. The summed E-state index contributed by atoms with van der Waals surface area (Å²) in [4.78, 5) is 33.3. The number of hydrogen-bond acceptors (Lipinski definition) is 6. The number of aryl methyl sites for hydroxylation is 1. The summed E-state index contributed by atoms with van der Waals surface area (Å²) in [7, 11) is 0. The fourth-order valence-corrected chi connectivity index (χ4v) is 1.32. The molecule has 0 radical (unpaired) electrons. The second-order valence-electron chi connectivity index (χ2n) is 3.87. The molecule has 0 aliphatic rings. The van der Waals surface area contributed by atoms with Crippen LogP contribution in [0.25, 0.3) is 0 Å². The van der Waals surface area contributed by atoms with Crippen LogP contribution >= 0.6 is 0 Å². The van der Waals surface area contributed by atoms with Crippen LogP contribution in [0, 0.1) is 6.92 Å². The van der Waals surface area contributed by atoms with E-state index in [0.29, 0.717) is 18.6 Å². The van der Waals surface area contributed by atoms with Crippen LogP contribution in [0.5, 0.6) is 5.75 Å². The summed E-state index contributed by atoms with van der Waals surface area (Å²) in [6, 6.07) is 2.55. The first-order chi connectivity index (χ1) is 9.01. The molecule has 6 nitrogen and oxygen atoms in total. The largest absolute Gasteiger partial charge is 0.466 e. The Kier molecular flexibility index (Phi) is 5.78. The number of hydrogen-bond donors (Lipinski definition) is 0. The van der Waals surface area contributed by atoms with Crippen molar-refractivity contribution < 1.29 is 23.5 Å². The first-order valence-electron chi connectivity index (χ1n) is 5.99. The van der Waals surface area contributed by atoms with Gasteiger partial charge in [-0.05, 0) is 13.3 Å². The maximum absolute atomic E-state index is 11.5. The molecular formula is C13H16O6. The van der Waals surface area contributed by atoms with Crippen LogP contribution in [0.3, 0.4) is 0 Å². The van der Waals surface area contributed by atoms with E-state index in [-0.39, 0.29) is 24.7 Å². The van der Waals surface area contributed by atoms with E-state index in [1.165, 1.54) is 6.07 Å². The lowest BCUT2D eigenvalue weighted by Crippen LogP contribution is -2.12. The molecule has 19 heavy (non-hydrogen) atoms. The van der Waals surface area contributed by atoms with Crippen molar-refractivity contribution in [2.75, 3.05) is 6.61 Å². The van der Waals surface area contributed by atoms with E-state index >= 15 is 0 Å².